The van der Waals surface area contributed by atoms with E-state index in [0.717, 1.165) is 44.9 Å². The molecule has 0 bridgehead atoms. The average molecular weight is 242 g/mol. The van der Waals surface area contributed by atoms with Crippen LogP contribution in [0.5, 0.6) is 0 Å². The van der Waals surface area contributed by atoms with Gasteiger partial charge in [0.25, 0.3) is 0 Å². The Hall–Kier alpha value is -0.120. The molecule has 1 fully saturated rings. The first-order valence-electron chi connectivity index (χ1n) is 7.10. The normalized spacial score (nSPS) is 23.3. The summed E-state index contributed by atoms with van der Waals surface area (Å²) in [6.45, 7) is 9.67. The third kappa shape index (κ3) is 6.39. The van der Waals surface area contributed by atoms with E-state index in [1.807, 2.05) is 0 Å². The van der Waals surface area contributed by atoms with E-state index in [1.165, 1.54) is 12.8 Å². The summed E-state index contributed by atoms with van der Waals surface area (Å²) in [5.74, 6) is 0.744. The van der Waals surface area contributed by atoms with Gasteiger partial charge in [0.15, 0.2) is 0 Å². The lowest BCUT2D eigenvalue weighted by molar-refractivity contribution is 0.0438. The molecule has 0 spiro atoms. The Bertz CT molecular complexity index is 200. The fraction of sp³-hybridized carbons (Fsp3) is 1.00. The Morgan fingerprint density at radius 2 is 1.88 bits per heavy atom. The van der Waals surface area contributed by atoms with Gasteiger partial charge in [0.05, 0.1) is 0 Å². The summed E-state index contributed by atoms with van der Waals surface area (Å²) in [7, 11) is 0. The maximum Gasteiger partial charge on any atom is 0.0483 e. The zero-order valence-corrected chi connectivity index (χ0v) is 11.8. The molecule has 3 N–H and O–H groups in total. The molecular formula is C14H30N2O. The van der Waals surface area contributed by atoms with Crippen molar-refractivity contribution < 1.29 is 4.74 Å². The fourth-order valence-electron chi connectivity index (χ4n) is 2.31. The zero-order valence-electron chi connectivity index (χ0n) is 11.8. The lowest BCUT2D eigenvalue weighted by Crippen LogP contribution is -2.48. The van der Waals surface area contributed by atoms with Crippen LogP contribution in [-0.4, -0.2) is 31.3 Å². The van der Waals surface area contributed by atoms with Gasteiger partial charge >= 0.3 is 0 Å². The van der Waals surface area contributed by atoms with Gasteiger partial charge in [0.1, 0.15) is 0 Å². The average Bonchev–Trinajstić information content (AvgIpc) is 2.27. The number of nitrogens with two attached hydrogens (primary N) is 1. The van der Waals surface area contributed by atoms with E-state index in [4.69, 9.17) is 10.5 Å². The van der Waals surface area contributed by atoms with Gasteiger partial charge in [-0.25, -0.2) is 0 Å². The van der Waals surface area contributed by atoms with Crippen molar-refractivity contribution in [2.24, 2.45) is 11.7 Å². The van der Waals surface area contributed by atoms with Crippen molar-refractivity contribution in [2.45, 2.75) is 64.5 Å². The lowest BCUT2D eigenvalue weighted by Gasteiger charge is -2.35. The van der Waals surface area contributed by atoms with Gasteiger partial charge in [0.2, 0.25) is 0 Å². The smallest absolute Gasteiger partial charge is 0.0483 e. The largest absolute Gasteiger partial charge is 0.381 e. The minimum Gasteiger partial charge on any atom is -0.381 e. The Balaban J connectivity index is 2.11. The van der Waals surface area contributed by atoms with Crippen molar-refractivity contribution in [3.8, 4) is 0 Å². The van der Waals surface area contributed by atoms with Gasteiger partial charge in [-0.15, -0.1) is 0 Å². The Labute approximate surface area is 106 Å². The minimum absolute atomic E-state index is 0.299. The highest BCUT2D eigenvalue weighted by molar-refractivity contribution is 4.85. The predicted molar refractivity (Wildman–Crippen MR) is 73.1 cm³/mol. The minimum atomic E-state index is 0.299. The summed E-state index contributed by atoms with van der Waals surface area (Å²) in [5, 5.41) is 3.72. The second-order valence-electron chi connectivity index (χ2n) is 6.07. The van der Waals surface area contributed by atoms with E-state index < -0.39 is 0 Å². The van der Waals surface area contributed by atoms with Crippen LogP contribution in [0.2, 0.25) is 0 Å². The van der Waals surface area contributed by atoms with Crippen LogP contribution in [0.4, 0.5) is 0 Å². The van der Waals surface area contributed by atoms with Crippen LogP contribution in [0.15, 0.2) is 0 Å². The molecule has 0 aromatic rings. The van der Waals surface area contributed by atoms with Crippen LogP contribution in [-0.2, 0) is 4.74 Å². The molecule has 0 amide bonds. The molecule has 3 heteroatoms. The second kappa shape index (κ2) is 7.34. The summed E-state index contributed by atoms with van der Waals surface area (Å²) in [5.41, 5.74) is 6.06. The van der Waals surface area contributed by atoms with E-state index in [2.05, 4.69) is 26.1 Å². The van der Waals surface area contributed by atoms with E-state index in [9.17, 15) is 0 Å². The van der Waals surface area contributed by atoms with Crippen molar-refractivity contribution >= 4 is 0 Å². The van der Waals surface area contributed by atoms with Crippen molar-refractivity contribution in [3.05, 3.63) is 0 Å². The molecule has 0 saturated carbocycles. The Kier molecular flexibility index (Phi) is 6.45. The highest BCUT2D eigenvalue weighted by Crippen LogP contribution is 2.20. The predicted octanol–water partition coefficient (Wildman–Crippen LogP) is 2.30. The van der Waals surface area contributed by atoms with Crippen LogP contribution in [0.1, 0.15) is 52.9 Å². The molecule has 1 saturated heterocycles. The molecule has 1 heterocycles. The summed E-state index contributed by atoms with van der Waals surface area (Å²) in [4.78, 5) is 0. The number of nitrogens with one attached hydrogen (secondary N) is 1. The summed E-state index contributed by atoms with van der Waals surface area (Å²) < 4.78 is 5.41. The summed E-state index contributed by atoms with van der Waals surface area (Å²) in [6, 6.07) is 0.350. The molecule has 17 heavy (non-hydrogen) atoms. The van der Waals surface area contributed by atoms with Gasteiger partial charge in [-0.3, -0.25) is 0 Å². The number of ether oxygens (including phenoxy) is 1. The zero-order chi connectivity index (χ0) is 12.7. The molecule has 2 atom stereocenters. The van der Waals surface area contributed by atoms with E-state index in [1.54, 1.807) is 0 Å². The third-order valence-electron chi connectivity index (χ3n) is 3.83. The van der Waals surface area contributed by atoms with Crippen molar-refractivity contribution in [2.75, 3.05) is 19.8 Å². The number of hydrogen-bond acceptors (Lipinski definition) is 3. The van der Waals surface area contributed by atoms with Gasteiger partial charge < -0.3 is 15.8 Å². The van der Waals surface area contributed by atoms with E-state index in [0.29, 0.717) is 11.6 Å². The van der Waals surface area contributed by atoms with Crippen LogP contribution in [0, 0.1) is 5.92 Å². The van der Waals surface area contributed by atoms with Crippen molar-refractivity contribution in [3.63, 3.8) is 0 Å². The van der Waals surface area contributed by atoms with E-state index in [-0.39, 0.29) is 0 Å². The molecule has 0 radical (unpaired) electrons. The number of hydrogen-bond donors (Lipinski definition) is 2. The topological polar surface area (TPSA) is 47.3 Å². The van der Waals surface area contributed by atoms with Crippen LogP contribution in [0.3, 0.4) is 0 Å². The first kappa shape index (κ1) is 14.9. The molecule has 1 aliphatic heterocycles. The Morgan fingerprint density at radius 3 is 2.47 bits per heavy atom. The molecule has 1 rings (SSSR count). The number of rotatable bonds is 7. The van der Waals surface area contributed by atoms with Gasteiger partial charge in [0, 0.05) is 24.8 Å². The molecule has 102 valence electrons. The van der Waals surface area contributed by atoms with Crippen LogP contribution < -0.4 is 11.1 Å². The van der Waals surface area contributed by atoms with E-state index >= 15 is 0 Å². The molecular weight excluding hydrogens is 212 g/mol. The van der Waals surface area contributed by atoms with Gasteiger partial charge in [-0.1, -0.05) is 13.3 Å². The standard InChI is InChI=1S/C14H30N2O/c1-12(5-4-6-13(2)15)11-16-14(3)7-9-17-10-8-14/h12-13,16H,4-11,15H2,1-3H3. The monoisotopic (exact) mass is 242 g/mol. The third-order valence-corrected chi connectivity index (χ3v) is 3.83. The van der Waals surface area contributed by atoms with Crippen LogP contribution in [0.25, 0.3) is 0 Å². The quantitative estimate of drug-likeness (QED) is 0.720. The highest BCUT2D eigenvalue weighted by atomic mass is 16.5. The van der Waals surface area contributed by atoms with Gasteiger partial charge in [-0.2, -0.15) is 0 Å². The first-order chi connectivity index (χ1) is 8.02. The maximum atomic E-state index is 5.76. The Morgan fingerprint density at radius 1 is 1.24 bits per heavy atom. The molecule has 0 aliphatic carbocycles. The SMILES string of the molecule is CC(N)CCCC(C)CNC1(C)CCOCC1. The molecule has 3 nitrogen and oxygen atoms in total. The molecule has 0 aromatic carbocycles. The first-order valence-corrected chi connectivity index (χ1v) is 7.10. The maximum absolute atomic E-state index is 5.76. The summed E-state index contributed by atoms with van der Waals surface area (Å²) >= 11 is 0. The molecule has 1 aliphatic rings. The second-order valence-corrected chi connectivity index (χ2v) is 6.07. The molecule has 2 unspecified atom stereocenters. The van der Waals surface area contributed by atoms with Crippen LogP contribution >= 0.6 is 0 Å². The molecule has 0 aromatic heterocycles. The fourth-order valence-corrected chi connectivity index (χ4v) is 2.31. The van der Waals surface area contributed by atoms with Gasteiger partial charge in [-0.05, 0) is 52.0 Å². The highest BCUT2D eigenvalue weighted by Gasteiger charge is 2.26. The van der Waals surface area contributed by atoms with Crippen molar-refractivity contribution in [1.82, 2.24) is 5.32 Å². The summed E-state index contributed by atoms with van der Waals surface area (Å²) in [6.07, 6.45) is 5.95. The lowest BCUT2D eigenvalue weighted by atomic mass is 9.91. The van der Waals surface area contributed by atoms with Crippen molar-refractivity contribution in [1.29, 1.82) is 0 Å².